The third-order valence-electron chi connectivity index (χ3n) is 9.12. The van der Waals surface area contributed by atoms with Gasteiger partial charge in [-0.3, -0.25) is 4.79 Å². The van der Waals surface area contributed by atoms with Crippen molar-refractivity contribution in [2.45, 2.75) is 161 Å². The fourth-order valence-corrected chi connectivity index (χ4v) is 6.96. The Morgan fingerprint density at radius 1 is 0.606 bits per heavy atom. The van der Waals surface area contributed by atoms with Gasteiger partial charge in [-0.15, -0.1) is 0 Å². The molecular weight excluding hydrogens is 408 g/mol. The van der Waals surface area contributed by atoms with Gasteiger partial charge in [-0.2, -0.15) is 0 Å². The molecule has 3 aliphatic rings. The van der Waals surface area contributed by atoms with Gasteiger partial charge in [0.2, 0.25) is 0 Å². The zero-order chi connectivity index (χ0) is 23.4. The van der Waals surface area contributed by atoms with Gasteiger partial charge in [-0.05, 0) is 70.6 Å². The second-order valence-corrected chi connectivity index (χ2v) is 11.7. The number of carbonyl (C=O) groups excluding carboxylic acids is 1. The summed E-state index contributed by atoms with van der Waals surface area (Å²) >= 11 is 0. The molecule has 3 heteroatoms. The normalized spacial score (nSPS) is 31.9. The molecule has 0 bridgehead atoms. The topological polar surface area (TPSA) is 35.5 Å². The molecule has 33 heavy (non-hydrogen) atoms. The molecule has 192 valence electrons. The van der Waals surface area contributed by atoms with E-state index in [1.807, 2.05) is 0 Å². The first kappa shape index (κ1) is 27.2. The number of rotatable bonds is 16. The first-order valence-corrected chi connectivity index (χ1v) is 14.9. The summed E-state index contributed by atoms with van der Waals surface area (Å²) in [6, 6.07) is 0. The van der Waals surface area contributed by atoms with E-state index in [4.69, 9.17) is 9.47 Å². The molecule has 0 unspecified atom stereocenters. The SMILES string of the molecule is CCCCCCCCOC1CCC2(CC1)CC1(CCC(OCCCCCCCC)CC1)C2=O. The van der Waals surface area contributed by atoms with Crippen molar-refractivity contribution in [3.63, 3.8) is 0 Å². The first-order valence-electron chi connectivity index (χ1n) is 14.9. The summed E-state index contributed by atoms with van der Waals surface area (Å²) in [5.74, 6) is 0.624. The van der Waals surface area contributed by atoms with E-state index in [1.165, 1.54) is 77.0 Å². The van der Waals surface area contributed by atoms with Crippen LogP contribution in [-0.2, 0) is 14.3 Å². The molecule has 0 aromatic carbocycles. The number of ketones is 1. The second kappa shape index (κ2) is 14.2. The van der Waals surface area contributed by atoms with Gasteiger partial charge in [0.15, 0.2) is 0 Å². The molecule has 2 spiro atoms. The van der Waals surface area contributed by atoms with Crippen LogP contribution in [0.2, 0.25) is 0 Å². The Labute approximate surface area is 205 Å². The van der Waals surface area contributed by atoms with Crippen molar-refractivity contribution in [2.24, 2.45) is 10.8 Å². The van der Waals surface area contributed by atoms with E-state index in [1.54, 1.807) is 0 Å². The molecule has 0 amide bonds. The third kappa shape index (κ3) is 7.79. The number of unbranched alkanes of at least 4 members (excludes halogenated alkanes) is 10. The van der Waals surface area contributed by atoms with Gasteiger partial charge in [0.25, 0.3) is 0 Å². The molecule has 3 fully saturated rings. The van der Waals surface area contributed by atoms with Crippen molar-refractivity contribution in [3.05, 3.63) is 0 Å². The van der Waals surface area contributed by atoms with Gasteiger partial charge in [-0.1, -0.05) is 78.1 Å². The lowest BCUT2D eigenvalue weighted by Crippen LogP contribution is -2.60. The summed E-state index contributed by atoms with van der Waals surface area (Å²) in [4.78, 5) is 13.4. The van der Waals surface area contributed by atoms with Crippen LogP contribution in [0.4, 0.5) is 0 Å². The lowest BCUT2D eigenvalue weighted by molar-refractivity contribution is -0.173. The van der Waals surface area contributed by atoms with Crippen LogP contribution in [0.25, 0.3) is 0 Å². The van der Waals surface area contributed by atoms with E-state index >= 15 is 0 Å². The summed E-state index contributed by atoms with van der Waals surface area (Å²) in [6.45, 7) is 6.37. The zero-order valence-corrected chi connectivity index (χ0v) is 22.1. The molecular formula is C30H54O3. The minimum atomic E-state index is 0.0200. The molecule has 3 aliphatic carbocycles. The van der Waals surface area contributed by atoms with Gasteiger partial charge >= 0.3 is 0 Å². The highest BCUT2D eigenvalue weighted by Crippen LogP contribution is 2.63. The van der Waals surface area contributed by atoms with E-state index in [-0.39, 0.29) is 10.8 Å². The summed E-state index contributed by atoms with van der Waals surface area (Å²) < 4.78 is 12.4. The maximum atomic E-state index is 13.4. The van der Waals surface area contributed by atoms with Crippen molar-refractivity contribution in [3.8, 4) is 0 Å². The third-order valence-corrected chi connectivity index (χ3v) is 9.12. The van der Waals surface area contributed by atoms with Crippen LogP contribution < -0.4 is 0 Å². The average molecular weight is 463 g/mol. The Kier molecular flexibility index (Phi) is 11.7. The molecule has 0 radical (unpaired) electrons. The molecule has 3 nitrogen and oxygen atoms in total. The Balaban J connectivity index is 1.25. The van der Waals surface area contributed by atoms with Crippen LogP contribution in [0.5, 0.6) is 0 Å². The van der Waals surface area contributed by atoms with Gasteiger partial charge in [-0.25, -0.2) is 0 Å². The lowest BCUT2D eigenvalue weighted by Gasteiger charge is -2.59. The predicted octanol–water partition coefficient (Wildman–Crippen LogP) is 8.57. The maximum absolute atomic E-state index is 13.4. The number of hydrogen-bond acceptors (Lipinski definition) is 3. The lowest BCUT2D eigenvalue weighted by atomic mass is 9.44. The van der Waals surface area contributed by atoms with Gasteiger partial charge in [0, 0.05) is 24.0 Å². The fraction of sp³-hybridized carbons (Fsp3) is 0.967. The van der Waals surface area contributed by atoms with Crippen molar-refractivity contribution in [1.29, 1.82) is 0 Å². The van der Waals surface area contributed by atoms with Crippen molar-refractivity contribution in [1.82, 2.24) is 0 Å². The molecule has 0 aromatic rings. The number of Topliss-reactive ketones (excluding diaryl/α,β-unsaturated/α-hetero) is 1. The average Bonchev–Trinajstić information content (AvgIpc) is 2.84. The number of ether oxygens (including phenoxy) is 2. The van der Waals surface area contributed by atoms with E-state index in [9.17, 15) is 4.79 Å². The van der Waals surface area contributed by atoms with E-state index in [2.05, 4.69) is 13.8 Å². The Bertz CT molecular complexity index is 495. The molecule has 3 rings (SSSR count). The molecule has 3 saturated carbocycles. The minimum Gasteiger partial charge on any atom is -0.378 e. The van der Waals surface area contributed by atoms with E-state index < -0.39 is 0 Å². The number of hydrogen-bond donors (Lipinski definition) is 0. The zero-order valence-electron chi connectivity index (χ0n) is 22.1. The largest absolute Gasteiger partial charge is 0.378 e. The Hall–Kier alpha value is -0.410. The summed E-state index contributed by atoms with van der Waals surface area (Å²) in [5.41, 5.74) is 0.0401. The highest BCUT2D eigenvalue weighted by atomic mass is 16.5. The highest BCUT2D eigenvalue weighted by molar-refractivity contribution is 5.96. The molecule has 0 aromatic heterocycles. The summed E-state index contributed by atoms with van der Waals surface area (Å²) in [5, 5.41) is 0. The van der Waals surface area contributed by atoms with Crippen LogP contribution in [-0.4, -0.2) is 31.2 Å². The van der Waals surface area contributed by atoms with Crippen molar-refractivity contribution >= 4 is 5.78 Å². The molecule has 0 aliphatic heterocycles. The summed E-state index contributed by atoms with van der Waals surface area (Å²) in [7, 11) is 0. The molecule has 0 saturated heterocycles. The highest BCUT2D eigenvalue weighted by Gasteiger charge is 2.63. The van der Waals surface area contributed by atoms with Gasteiger partial charge < -0.3 is 9.47 Å². The van der Waals surface area contributed by atoms with E-state index in [0.717, 1.165) is 71.0 Å². The Morgan fingerprint density at radius 2 is 0.970 bits per heavy atom. The van der Waals surface area contributed by atoms with Crippen molar-refractivity contribution in [2.75, 3.05) is 13.2 Å². The first-order chi connectivity index (χ1) is 16.1. The second-order valence-electron chi connectivity index (χ2n) is 11.7. The molecule has 0 atom stereocenters. The molecule has 0 N–H and O–H groups in total. The van der Waals surface area contributed by atoms with Crippen molar-refractivity contribution < 1.29 is 14.3 Å². The maximum Gasteiger partial charge on any atom is 0.145 e. The van der Waals surface area contributed by atoms with Crippen LogP contribution >= 0.6 is 0 Å². The van der Waals surface area contributed by atoms with Crippen LogP contribution in [0.1, 0.15) is 149 Å². The quantitative estimate of drug-likeness (QED) is 0.215. The molecule has 0 heterocycles. The van der Waals surface area contributed by atoms with Crippen LogP contribution in [0.3, 0.4) is 0 Å². The standard InChI is InChI=1S/C30H54O3/c1-3-5-7-9-11-13-23-32-26-15-19-29(20-16-26)25-30(28(29)31)21-17-27(18-22-30)33-24-14-12-10-8-6-4-2/h26-27H,3-25H2,1-2H3. The Morgan fingerprint density at radius 3 is 1.33 bits per heavy atom. The predicted molar refractivity (Wildman–Crippen MR) is 138 cm³/mol. The fourth-order valence-electron chi connectivity index (χ4n) is 6.96. The van der Waals surface area contributed by atoms with Gasteiger partial charge in [0.1, 0.15) is 5.78 Å². The minimum absolute atomic E-state index is 0.0200. The van der Waals surface area contributed by atoms with E-state index in [0.29, 0.717) is 18.0 Å². The van der Waals surface area contributed by atoms with Crippen LogP contribution in [0, 0.1) is 10.8 Å². The smallest absolute Gasteiger partial charge is 0.145 e. The summed E-state index contributed by atoms with van der Waals surface area (Å²) in [6.07, 6.45) is 26.5. The number of carbonyl (C=O) groups is 1. The van der Waals surface area contributed by atoms with Gasteiger partial charge in [0.05, 0.1) is 12.2 Å². The monoisotopic (exact) mass is 462 g/mol. The van der Waals surface area contributed by atoms with Crippen LogP contribution in [0.15, 0.2) is 0 Å².